The smallest absolute Gasteiger partial charge is 0.207 e. The van der Waals surface area contributed by atoms with Crippen molar-refractivity contribution in [2.45, 2.75) is 90.9 Å². The maximum absolute atomic E-state index is 2.42. The minimum Gasteiger partial charge on any atom is -0.207 e. The topological polar surface area (TPSA) is 0 Å². The largest absolute Gasteiger partial charge is 2.00 e. The van der Waals surface area contributed by atoms with Crippen LogP contribution in [0.4, 0.5) is 0 Å². The van der Waals surface area contributed by atoms with Gasteiger partial charge in [0.25, 0.3) is 0 Å². The molecule has 4 rings (SSSR count). The first-order valence-electron chi connectivity index (χ1n) is 10.1. The van der Waals surface area contributed by atoms with Crippen molar-refractivity contribution >= 4 is 0 Å². The molecule has 0 atom stereocenters. The molecule has 2 aromatic carbocycles. The zero-order chi connectivity index (χ0) is 17.1. The fourth-order valence-electron chi connectivity index (χ4n) is 4.12. The zero-order valence-electron chi connectivity index (χ0n) is 16.6. The molecule has 2 aliphatic carbocycles. The number of fused-ring (bicyclic) bond motifs is 2. The van der Waals surface area contributed by atoms with Gasteiger partial charge >= 0.3 is 26.2 Å². The quantitative estimate of drug-likeness (QED) is 0.474. The molecule has 2 aromatic rings. The Labute approximate surface area is 174 Å². The van der Waals surface area contributed by atoms with Crippen LogP contribution in [-0.4, -0.2) is 0 Å². The Bertz CT molecular complexity index is 548. The van der Waals surface area contributed by atoms with E-state index in [1.54, 1.807) is 33.4 Å². The van der Waals surface area contributed by atoms with Crippen LogP contribution in [0.3, 0.4) is 0 Å². The molecule has 0 fully saturated rings. The Kier molecular flexibility index (Phi) is 7.94. The van der Waals surface area contributed by atoms with Crippen molar-refractivity contribution in [1.82, 2.24) is 0 Å². The molecule has 0 aliphatic heterocycles. The van der Waals surface area contributed by atoms with Crippen LogP contribution in [0.1, 0.15) is 98.6 Å². The molecule has 0 nitrogen and oxygen atoms in total. The Morgan fingerprint density at radius 3 is 1.32 bits per heavy atom. The standard InChI is InChI=1S/2C12H17.Zr/c2*1-9(2)12-7-10-5-3-4-6-11(10)8-12;/h2*7-9H,3-6H2,1-2H3;/q2*-1;+2. The van der Waals surface area contributed by atoms with Crippen molar-refractivity contribution in [3.05, 3.63) is 57.6 Å². The molecule has 1 heteroatoms. The molecule has 0 N–H and O–H groups in total. The Morgan fingerprint density at radius 1 is 0.640 bits per heavy atom. The molecule has 0 heterocycles. The van der Waals surface area contributed by atoms with Gasteiger partial charge in [0.15, 0.2) is 0 Å². The molecule has 0 spiro atoms. The van der Waals surface area contributed by atoms with Crippen LogP contribution in [0, 0.1) is 0 Å². The van der Waals surface area contributed by atoms with E-state index >= 15 is 0 Å². The molecule has 0 saturated carbocycles. The number of aryl methyl sites for hydroxylation is 4. The van der Waals surface area contributed by atoms with Gasteiger partial charge in [-0.1, -0.05) is 79.1 Å². The summed E-state index contributed by atoms with van der Waals surface area (Å²) in [4.78, 5) is 0. The fraction of sp³-hybridized carbons (Fsp3) is 0.583. The van der Waals surface area contributed by atoms with E-state index in [9.17, 15) is 0 Å². The van der Waals surface area contributed by atoms with Gasteiger partial charge in [-0.25, -0.2) is 12.1 Å². The van der Waals surface area contributed by atoms with E-state index in [4.69, 9.17) is 0 Å². The predicted molar refractivity (Wildman–Crippen MR) is 106 cm³/mol. The van der Waals surface area contributed by atoms with E-state index in [1.807, 2.05) is 0 Å². The first-order chi connectivity index (χ1) is 11.5. The second-order valence-electron chi connectivity index (χ2n) is 8.40. The molecule has 0 radical (unpaired) electrons. The Balaban J connectivity index is 0.000000173. The van der Waals surface area contributed by atoms with Gasteiger partial charge in [0.2, 0.25) is 0 Å². The summed E-state index contributed by atoms with van der Waals surface area (Å²) in [5, 5.41) is 0. The molecular formula is C24H34Zr. The van der Waals surface area contributed by atoms with Gasteiger partial charge in [-0.2, -0.15) is 45.5 Å². The van der Waals surface area contributed by atoms with Crippen molar-refractivity contribution in [1.29, 1.82) is 0 Å². The molecule has 0 aromatic heterocycles. The van der Waals surface area contributed by atoms with E-state index in [0.29, 0.717) is 11.8 Å². The van der Waals surface area contributed by atoms with Gasteiger partial charge in [0, 0.05) is 0 Å². The molecule has 25 heavy (non-hydrogen) atoms. The predicted octanol–water partition coefficient (Wildman–Crippen LogP) is 6.81. The van der Waals surface area contributed by atoms with Crippen LogP contribution in [-0.2, 0) is 51.9 Å². The third-order valence-electron chi connectivity index (χ3n) is 5.81. The number of hydrogen-bond acceptors (Lipinski definition) is 0. The van der Waals surface area contributed by atoms with E-state index < -0.39 is 0 Å². The van der Waals surface area contributed by atoms with E-state index in [0.717, 1.165) is 0 Å². The third-order valence-corrected chi connectivity index (χ3v) is 5.81. The first kappa shape index (κ1) is 20.9. The Morgan fingerprint density at radius 2 is 1.00 bits per heavy atom. The van der Waals surface area contributed by atoms with Crippen molar-refractivity contribution in [2.75, 3.05) is 0 Å². The maximum atomic E-state index is 2.42. The van der Waals surface area contributed by atoms with Crippen molar-refractivity contribution in [2.24, 2.45) is 0 Å². The minimum atomic E-state index is 0. The molecular weight excluding hydrogens is 379 g/mol. The molecule has 0 amide bonds. The van der Waals surface area contributed by atoms with E-state index in [-0.39, 0.29) is 26.2 Å². The minimum absolute atomic E-state index is 0. The van der Waals surface area contributed by atoms with Crippen LogP contribution in [0.2, 0.25) is 0 Å². The average Bonchev–Trinajstić information content (AvgIpc) is 3.19. The molecule has 2 aliphatic rings. The normalized spacial score (nSPS) is 15.9. The SMILES string of the molecule is CC(C)c1cc2c([cH-]1)CCCC2.CC(C)c1cc2c([cH-]1)CCCC2.[Zr+2]. The van der Waals surface area contributed by atoms with E-state index in [2.05, 4.69) is 52.0 Å². The summed E-state index contributed by atoms with van der Waals surface area (Å²) in [5.41, 5.74) is 9.61. The summed E-state index contributed by atoms with van der Waals surface area (Å²) in [5.74, 6) is 1.41. The van der Waals surface area contributed by atoms with Crippen molar-refractivity contribution in [3.8, 4) is 0 Å². The van der Waals surface area contributed by atoms with Crippen molar-refractivity contribution < 1.29 is 26.2 Å². The average molecular weight is 414 g/mol. The first-order valence-corrected chi connectivity index (χ1v) is 10.1. The summed E-state index contributed by atoms with van der Waals surface area (Å²) in [7, 11) is 0. The van der Waals surface area contributed by atoms with Gasteiger partial charge in [-0.15, -0.1) is 0 Å². The third kappa shape index (κ3) is 5.29. The van der Waals surface area contributed by atoms with Crippen LogP contribution < -0.4 is 0 Å². The second-order valence-corrected chi connectivity index (χ2v) is 8.40. The summed E-state index contributed by atoms with van der Waals surface area (Å²) in [6, 6.07) is 9.66. The van der Waals surface area contributed by atoms with Gasteiger partial charge in [-0.3, -0.25) is 0 Å². The summed E-state index contributed by atoms with van der Waals surface area (Å²) < 4.78 is 0. The fourth-order valence-corrected chi connectivity index (χ4v) is 4.12. The maximum Gasteiger partial charge on any atom is 2.00 e. The molecule has 0 unspecified atom stereocenters. The van der Waals surface area contributed by atoms with Crippen LogP contribution in [0.25, 0.3) is 0 Å². The summed E-state index contributed by atoms with van der Waals surface area (Å²) in [6.07, 6.45) is 10.9. The van der Waals surface area contributed by atoms with Gasteiger partial charge in [-0.05, 0) is 11.8 Å². The van der Waals surface area contributed by atoms with E-state index in [1.165, 1.54) is 51.4 Å². The van der Waals surface area contributed by atoms with Crippen LogP contribution in [0.5, 0.6) is 0 Å². The van der Waals surface area contributed by atoms with Gasteiger partial charge in [0.1, 0.15) is 0 Å². The molecule has 0 bridgehead atoms. The zero-order valence-corrected chi connectivity index (χ0v) is 19.1. The van der Waals surface area contributed by atoms with Crippen LogP contribution >= 0.6 is 0 Å². The second kappa shape index (κ2) is 9.50. The summed E-state index contributed by atoms with van der Waals surface area (Å²) in [6.45, 7) is 9.11. The molecule has 0 saturated heterocycles. The monoisotopic (exact) mass is 412 g/mol. The number of hydrogen-bond donors (Lipinski definition) is 0. The van der Waals surface area contributed by atoms with Gasteiger partial charge < -0.3 is 0 Å². The molecule has 134 valence electrons. The Hall–Kier alpha value is -0.417. The number of rotatable bonds is 2. The van der Waals surface area contributed by atoms with Gasteiger partial charge in [0.05, 0.1) is 0 Å². The summed E-state index contributed by atoms with van der Waals surface area (Å²) >= 11 is 0. The van der Waals surface area contributed by atoms with Crippen LogP contribution in [0.15, 0.2) is 24.3 Å². The van der Waals surface area contributed by atoms with Crippen molar-refractivity contribution in [3.63, 3.8) is 0 Å².